The minimum atomic E-state index is 0.560. The fourth-order valence-electron chi connectivity index (χ4n) is 5.27. The third-order valence-electron chi connectivity index (χ3n) is 7.72. The lowest BCUT2D eigenvalue weighted by atomic mass is 10.0. The minimum Gasteiger partial charge on any atom is -0.492 e. The molecule has 7 rings (SSSR count). The number of aromatic nitrogens is 2. The van der Waals surface area contributed by atoms with Crippen LogP contribution in [-0.4, -0.2) is 41.9 Å². The molecule has 1 saturated carbocycles. The van der Waals surface area contributed by atoms with E-state index < -0.39 is 0 Å². The van der Waals surface area contributed by atoms with E-state index in [2.05, 4.69) is 75.6 Å². The van der Waals surface area contributed by atoms with Crippen LogP contribution in [0.4, 0.5) is 5.69 Å². The Morgan fingerprint density at radius 1 is 0.927 bits per heavy atom. The molecule has 2 fully saturated rings. The summed E-state index contributed by atoms with van der Waals surface area (Å²) in [6.45, 7) is 4.02. The first-order valence-corrected chi connectivity index (χ1v) is 14.9. The van der Waals surface area contributed by atoms with Crippen LogP contribution in [0.25, 0.3) is 33.4 Å². The van der Waals surface area contributed by atoms with Gasteiger partial charge in [0, 0.05) is 35.3 Å². The quantitative estimate of drug-likeness (QED) is 0.197. The lowest BCUT2D eigenvalue weighted by Crippen LogP contribution is -2.36. The van der Waals surface area contributed by atoms with Crippen molar-refractivity contribution in [3.63, 3.8) is 0 Å². The number of anilines is 1. The van der Waals surface area contributed by atoms with Crippen molar-refractivity contribution in [1.29, 1.82) is 5.26 Å². The van der Waals surface area contributed by atoms with E-state index in [1.807, 2.05) is 30.5 Å². The smallest absolute Gasteiger partial charge is 0.151 e. The van der Waals surface area contributed by atoms with Crippen molar-refractivity contribution in [2.24, 2.45) is 5.92 Å². The topological polar surface area (TPSA) is 63.3 Å². The average molecular weight is 559 g/mol. The second-order valence-electron chi connectivity index (χ2n) is 10.5. The highest BCUT2D eigenvalue weighted by Crippen LogP contribution is 2.40. The van der Waals surface area contributed by atoms with Crippen molar-refractivity contribution in [1.82, 2.24) is 8.96 Å². The summed E-state index contributed by atoms with van der Waals surface area (Å²) in [5.74, 6) is 1.29. The van der Waals surface area contributed by atoms with Crippen molar-refractivity contribution >= 4 is 28.7 Å². The maximum absolute atomic E-state index is 9.90. The first-order valence-electron chi connectivity index (χ1n) is 14.1. The molecule has 3 aromatic carbocycles. The molecule has 1 saturated heterocycles. The molecule has 0 N–H and O–H groups in total. The Bertz CT molecular complexity index is 1720. The normalized spacial score (nSPS) is 15.1. The molecule has 0 amide bonds. The number of rotatable bonds is 8. The van der Waals surface area contributed by atoms with Crippen LogP contribution in [-0.2, 0) is 4.74 Å². The first kappa shape index (κ1) is 25.7. The summed E-state index contributed by atoms with van der Waals surface area (Å²) in [6, 6.07) is 31.7. The van der Waals surface area contributed by atoms with Crippen molar-refractivity contribution in [3.8, 4) is 34.2 Å². The van der Waals surface area contributed by atoms with Gasteiger partial charge in [-0.15, -0.1) is 0 Å². The predicted octanol–water partition coefficient (Wildman–Crippen LogP) is 7.42. The van der Waals surface area contributed by atoms with Crippen LogP contribution in [0.5, 0.6) is 5.75 Å². The molecule has 41 heavy (non-hydrogen) atoms. The third kappa shape index (κ3) is 5.41. The van der Waals surface area contributed by atoms with Gasteiger partial charge in [-0.05, 0) is 95.9 Å². The fourth-order valence-corrected chi connectivity index (χ4v) is 6.25. The molecule has 0 spiro atoms. The number of ether oxygens (including phenoxy) is 2. The van der Waals surface area contributed by atoms with Crippen LogP contribution < -0.4 is 9.64 Å². The van der Waals surface area contributed by atoms with E-state index in [4.69, 9.17) is 14.5 Å². The third-order valence-corrected chi connectivity index (χ3v) is 8.76. The Kier molecular flexibility index (Phi) is 7.10. The second-order valence-corrected chi connectivity index (χ2v) is 11.6. The van der Waals surface area contributed by atoms with E-state index in [-0.39, 0.29) is 0 Å². The van der Waals surface area contributed by atoms with Crippen LogP contribution in [0.15, 0.2) is 96.0 Å². The maximum Gasteiger partial charge on any atom is 0.151 e. The van der Waals surface area contributed by atoms with Gasteiger partial charge >= 0.3 is 0 Å². The number of hydrogen-bond acceptors (Lipinski definition) is 6. The van der Waals surface area contributed by atoms with Gasteiger partial charge < -0.3 is 14.4 Å². The summed E-state index contributed by atoms with van der Waals surface area (Å²) in [4.78, 5) is 8.35. The Labute approximate surface area is 244 Å². The largest absolute Gasteiger partial charge is 0.492 e. The Morgan fingerprint density at radius 3 is 2.46 bits per heavy atom. The molecule has 3 heterocycles. The summed E-state index contributed by atoms with van der Waals surface area (Å²) in [5.41, 5.74) is 6.87. The van der Waals surface area contributed by atoms with Crippen molar-refractivity contribution in [3.05, 3.63) is 96.7 Å². The molecule has 1 aliphatic heterocycles. The predicted molar refractivity (Wildman–Crippen MR) is 164 cm³/mol. The van der Waals surface area contributed by atoms with Gasteiger partial charge in [-0.2, -0.15) is 5.26 Å². The van der Waals surface area contributed by atoms with E-state index in [9.17, 15) is 5.26 Å². The maximum atomic E-state index is 9.90. The molecule has 0 atom stereocenters. The number of nitriles is 1. The molecule has 5 aromatic rings. The standard InChI is InChI=1S/C34H30N4O2S/c35-22-27-20-26(10-13-33(27)40-23-24-6-7-24)30-14-15-36-34-31(30)21-32(38(34)41-29-4-2-1-3-5-29)25-8-11-28(12-9-25)37-16-18-39-19-17-37/h1-5,8-15,20-21,24H,6-7,16-19,23H2. The van der Waals surface area contributed by atoms with Gasteiger partial charge in [0.1, 0.15) is 11.8 Å². The molecule has 1 aliphatic carbocycles. The van der Waals surface area contributed by atoms with Crippen LogP contribution in [0.1, 0.15) is 18.4 Å². The molecule has 204 valence electrons. The molecule has 7 heteroatoms. The van der Waals surface area contributed by atoms with Crippen molar-refractivity contribution in [2.75, 3.05) is 37.8 Å². The first-order chi connectivity index (χ1) is 20.3. The van der Waals surface area contributed by atoms with E-state index in [0.717, 1.165) is 64.6 Å². The van der Waals surface area contributed by atoms with Gasteiger partial charge in [0.15, 0.2) is 5.65 Å². The average Bonchev–Trinajstić information content (AvgIpc) is 3.80. The second kappa shape index (κ2) is 11.3. The minimum absolute atomic E-state index is 0.560. The van der Waals surface area contributed by atoms with Gasteiger partial charge in [0.25, 0.3) is 0 Å². The molecule has 0 bridgehead atoms. The summed E-state index contributed by atoms with van der Waals surface area (Å²) in [6.07, 6.45) is 4.28. The highest BCUT2D eigenvalue weighted by atomic mass is 32.2. The molecule has 2 aromatic heterocycles. The zero-order valence-electron chi connectivity index (χ0n) is 22.7. The number of nitrogens with zero attached hydrogens (tertiary/aromatic N) is 4. The zero-order valence-corrected chi connectivity index (χ0v) is 23.5. The Morgan fingerprint density at radius 2 is 1.71 bits per heavy atom. The van der Waals surface area contributed by atoms with Gasteiger partial charge in [-0.1, -0.05) is 36.4 Å². The zero-order chi connectivity index (χ0) is 27.6. The number of morpholine rings is 1. The van der Waals surface area contributed by atoms with Crippen LogP contribution >= 0.6 is 11.9 Å². The van der Waals surface area contributed by atoms with Crippen molar-refractivity contribution in [2.45, 2.75) is 17.7 Å². The van der Waals surface area contributed by atoms with Gasteiger partial charge in [0.05, 0.1) is 31.1 Å². The lowest BCUT2D eigenvalue weighted by molar-refractivity contribution is 0.122. The molecule has 0 radical (unpaired) electrons. The molecule has 2 aliphatic rings. The number of fused-ring (bicyclic) bond motifs is 1. The van der Waals surface area contributed by atoms with Crippen LogP contribution in [0.2, 0.25) is 0 Å². The van der Waals surface area contributed by atoms with Gasteiger partial charge in [-0.3, -0.25) is 3.97 Å². The molecular weight excluding hydrogens is 528 g/mol. The fraction of sp³-hybridized carbons (Fsp3) is 0.235. The number of benzene rings is 3. The molecule has 0 unspecified atom stereocenters. The van der Waals surface area contributed by atoms with Crippen LogP contribution in [0.3, 0.4) is 0 Å². The summed E-state index contributed by atoms with van der Waals surface area (Å²) >= 11 is 1.66. The number of hydrogen-bond donors (Lipinski definition) is 0. The monoisotopic (exact) mass is 558 g/mol. The highest BCUT2D eigenvalue weighted by molar-refractivity contribution is 7.98. The van der Waals surface area contributed by atoms with E-state index >= 15 is 0 Å². The van der Waals surface area contributed by atoms with Gasteiger partial charge in [0.2, 0.25) is 0 Å². The SMILES string of the molecule is N#Cc1cc(-c2ccnc3c2cc(-c2ccc(N4CCOCC4)cc2)n3Sc2ccccc2)ccc1OCC1CC1. The van der Waals surface area contributed by atoms with Crippen molar-refractivity contribution < 1.29 is 9.47 Å². The highest BCUT2D eigenvalue weighted by Gasteiger charge is 2.23. The Balaban J connectivity index is 1.30. The van der Waals surface area contributed by atoms with E-state index in [1.165, 1.54) is 18.5 Å². The van der Waals surface area contributed by atoms with E-state index in [1.54, 1.807) is 11.9 Å². The summed E-state index contributed by atoms with van der Waals surface area (Å²) in [7, 11) is 0. The lowest BCUT2D eigenvalue weighted by Gasteiger charge is -2.28. The number of pyridine rings is 1. The van der Waals surface area contributed by atoms with Crippen LogP contribution in [0, 0.1) is 17.2 Å². The van der Waals surface area contributed by atoms with E-state index in [0.29, 0.717) is 23.8 Å². The molecular formula is C34H30N4O2S. The molecule has 6 nitrogen and oxygen atoms in total. The summed E-state index contributed by atoms with van der Waals surface area (Å²) < 4.78 is 13.7. The van der Waals surface area contributed by atoms with Gasteiger partial charge in [-0.25, -0.2) is 4.98 Å². The summed E-state index contributed by atoms with van der Waals surface area (Å²) in [5, 5.41) is 10.9. The Hall–Kier alpha value is -4.25.